The molecule has 1 aromatic carbocycles. The van der Waals surface area contributed by atoms with Gasteiger partial charge in [0.2, 0.25) is 0 Å². The maximum Gasteiger partial charge on any atom is 0.0445 e. The summed E-state index contributed by atoms with van der Waals surface area (Å²) in [6, 6.07) is 8.65. The summed E-state index contributed by atoms with van der Waals surface area (Å²) in [4.78, 5) is 0. The van der Waals surface area contributed by atoms with Gasteiger partial charge in [-0.2, -0.15) is 0 Å². The van der Waals surface area contributed by atoms with E-state index in [9.17, 15) is 0 Å². The molecule has 1 rings (SSSR count). The lowest BCUT2D eigenvalue weighted by molar-refractivity contribution is 0.267. The zero-order valence-corrected chi connectivity index (χ0v) is 9.92. The predicted molar refractivity (Wildman–Crippen MR) is 62.4 cm³/mol. The van der Waals surface area contributed by atoms with Crippen LogP contribution in [0.25, 0.3) is 0 Å². The Morgan fingerprint density at radius 2 is 2.00 bits per heavy atom. The molecule has 0 saturated carbocycles. The standard InChI is InChI=1S/C11H16BrNO/c1-13-11(6-7-14)8-9-2-4-10(12)5-3-9/h2-5,11,13-14H,6-8H2,1H3/t11-/m1/s1. The SMILES string of the molecule is CN[C@H](CCO)Cc1ccc(Br)cc1. The Morgan fingerprint density at radius 3 is 2.50 bits per heavy atom. The largest absolute Gasteiger partial charge is 0.396 e. The molecule has 0 amide bonds. The first-order chi connectivity index (χ1) is 6.76. The Kier molecular flexibility index (Phi) is 5.15. The zero-order valence-electron chi connectivity index (χ0n) is 8.33. The quantitative estimate of drug-likeness (QED) is 0.846. The minimum absolute atomic E-state index is 0.238. The Labute approximate surface area is 93.5 Å². The van der Waals surface area contributed by atoms with Gasteiger partial charge < -0.3 is 10.4 Å². The second-order valence-corrected chi connectivity index (χ2v) is 4.24. The highest BCUT2D eigenvalue weighted by molar-refractivity contribution is 9.10. The molecule has 78 valence electrons. The zero-order chi connectivity index (χ0) is 10.4. The Hall–Kier alpha value is -0.380. The summed E-state index contributed by atoms with van der Waals surface area (Å²) in [5, 5.41) is 12.0. The van der Waals surface area contributed by atoms with Gasteiger partial charge >= 0.3 is 0 Å². The fourth-order valence-corrected chi connectivity index (χ4v) is 1.67. The number of hydrogen-bond donors (Lipinski definition) is 2. The van der Waals surface area contributed by atoms with E-state index in [1.807, 2.05) is 19.2 Å². The lowest BCUT2D eigenvalue weighted by Crippen LogP contribution is -2.28. The first kappa shape index (κ1) is 11.7. The van der Waals surface area contributed by atoms with Crippen LogP contribution >= 0.6 is 15.9 Å². The molecule has 0 radical (unpaired) electrons. The highest BCUT2D eigenvalue weighted by Gasteiger charge is 2.05. The van der Waals surface area contributed by atoms with Crippen LogP contribution in [-0.4, -0.2) is 24.8 Å². The molecule has 0 fully saturated rings. The van der Waals surface area contributed by atoms with E-state index in [-0.39, 0.29) is 6.61 Å². The summed E-state index contributed by atoms with van der Waals surface area (Å²) in [5.74, 6) is 0. The number of aliphatic hydroxyl groups excluding tert-OH is 1. The molecule has 3 heteroatoms. The van der Waals surface area contributed by atoms with Crippen LogP contribution in [0.1, 0.15) is 12.0 Å². The molecule has 0 heterocycles. The minimum Gasteiger partial charge on any atom is -0.396 e. The molecule has 0 spiro atoms. The molecule has 0 aromatic heterocycles. The topological polar surface area (TPSA) is 32.3 Å². The van der Waals surface area contributed by atoms with Gasteiger partial charge in [-0.25, -0.2) is 0 Å². The molecule has 14 heavy (non-hydrogen) atoms. The van der Waals surface area contributed by atoms with Crippen molar-refractivity contribution in [2.24, 2.45) is 0 Å². The summed E-state index contributed by atoms with van der Waals surface area (Å²) in [6.45, 7) is 0.238. The summed E-state index contributed by atoms with van der Waals surface area (Å²) in [6.07, 6.45) is 1.76. The van der Waals surface area contributed by atoms with Crippen molar-refractivity contribution in [1.29, 1.82) is 0 Å². The van der Waals surface area contributed by atoms with Crippen molar-refractivity contribution in [3.05, 3.63) is 34.3 Å². The van der Waals surface area contributed by atoms with Crippen molar-refractivity contribution < 1.29 is 5.11 Å². The Bertz CT molecular complexity index is 260. The molecule has 2 nitrogen and oxygen atoms in total. The van der Waals surface area contributed by atoms with Crippen LogP contribution in [0.4, 0.5) is 0 Å². The molecular weight excluding hydrogens is 242 g/mol. The van der Waals surface area contributed by atoms with Crippen LogP contribution in [0.15, 0.2) is 28.7 Å². The maximum atomic E-state index is 8.84. The van der Waals surface area contributed by atoms with Crippen LogP contribution in [0, 0.1) is 0 Å². The van der Waals surface area contributed by atoms with Crippen LogP contribution < -0.4 is 5.32 Å². The normalized spacial score (nSPS) is 12.8. The first-order valence-electron chi connectivity index (χ1n) is 4.79. The lowest BCUT2D eigenvalue weighted by Gasteiger charge is -2.14. The molecule has 0 aliphatic heterocycles. The third-order valence-corrected chi connectivity index (χ3v) is 2.81. The van der Waals surface area contributed by atoms with Crippen LogP contribution in [-0.2, 0) is 6.42 Å². The minimum atomic E-state index is 0.238. The van der Waals surface area contributed by atoms with E-state index in [0.717, 1.165) is 17.3 Å². The van der Waals surface area contributed by atoms with Gasteiger partial charge in [0.25, 0.3) is 0 Å². The number of nitrogens with one attached hydrogen (secondary N) is 1. The molecule has 0 aliphatic carbocycles. The van der Waals surface area contributed by atoms with Crippen molar-refractivity contribution in [2.75, 3.05) is 13.7 Å². The average molecular weight is 258 g/mol. The van der Waals surface area contributed by atoms with Crippen molar-refractivity contribution in [3.63, 3.8) is 0 Å². The van der Waals surface area contributed by atoms with E-state index in [2.05, 4.69) is 33.4 Å². The van der Waals surface area contributed by atoms with E-state index in [1.54, 1.807) is 0 Å². The molecule has 2 N–H and O–H groups in total. The van der Waals surface area contributed by atoms with Gasteiger partial charge in [-0.3, -0.25) is 0 Å². The summed E-state index contributed by atoms with van der Waals surface area (Å²) >= 11 is 3.40. The van der Waals surface area contributed by atoms with Gasteiger partial charge in [-0.15, -0.1) is 0 Å². The number of benzene rings is 1. The summed E-state index contributed by atoms with van der Waals surface area (Å²) < 4.78 is 1.10. The van der Waals surface area contributed by atoms with Gasteiger partial charge in [0.15, 0.2) is 0 Å². The number of likely N-dealkylation sites (N-methyl/N-ethyl adjacent to an activating group) is 1. The van der Waals surface area contributed by atoms with Gasteiger partial charge in [-0.05, 0) is 37.6 Å². The smallest absolute Gasteiger partial charge is 0.0445 e. The molecule has 0 saturated heterocycles. The van der Waals surface area contributed by atoms with Crippen LogP contribution in [0.5, 0.6) is 0 Å². The Morgan fingerprint density at radius 1 is 1.36 bits per heavy atom. The second-order valence-electron chi connectivity index (χ2n) is 3.33. The molecule has 1 aromatic rings. The number of aliphatic hydroxyl groups is 1. The molecular formula is C11H16BrNO. The van der Waals surface area contributed by atoms with Crippen LogP contribution in [0.2, 0.25) is 0 Å². The lowest BCUT2D eigenvalue weighted by atomic mass is 10.0. The molecule has 0 aliphatic rings. The number of rotatable bonds is 5. The van der Waals surface area contributed by atoms with Crippen molar-refractivity contribution in [3.8, 4) is 0 Å². The number of hydrogen-bond acceptors (Lipinski definition) is 2. The van der Waals surface area contributed by atoms with Crippen molar-refractivity contribution >= 4 is 15.9 Å². The monoisotopic (exact) mass is 257 g/mol. The van der Waals surface area contributed by atoms with E-state index in [0.29, 0.717) is 6.04 Å². The summed E-state index contributed by atoms with van der Waals surface area (Å²) in [7, 11) is 1.93. The van der Waals surface area contributed by atoms with Gasteiger partial charge in [0.05, 0.1) is 0 Å². The van der Waals surface area contributed by atoms with E-state index in [1.165, 1.54) is 5.56 Å². The molecule has 0 bridgehead atoms. The number of halogens is 1. The fraction of sp³-hybridized carbons (Fsp3) is 0.455. The third kappa shape index (κ3) is 3.78. The first-order valence-corrected chi connectivity index (χ1v) is 5.58. The van der Waals surface area contributed by atoms with Crippen molar-refractivity contribution in [1.82, 2.24) is 5.32 Å². The van der Waals surface area contributed by atoms with Crippen LogP contribution in [0.3, 0.4) is 0 Å². The fourth-order valence-electron chi connectivity index (χ4n) is 1.41. The molecule has 1 atom stereocenters. The van der Waals surface area contributed by atoms with E-state index < -0.39 is 0 Å². The predicted octanol–water partition coefficient (Wildman–Crippen LogP) is 1.96. The average Bonchev–Trinajstić information content (AvgIpc) is 2.20. The maximum absolute atomic E-state index is 8.84. The second kappa shape index (κ2) is 6.17. The highest BCUT2D eigenvalue weighted by Crippen LogP contribution is 2.12. The van der Waals surface area contributed by atoms with Crippen molar-refractivity contribution in [2.45, 2.75) is 18.9 Å². The van der Waals surface area contributed by atoms with Gasteiger partial charge in [-0.1, -0.05) is 28.1 Å². The summed E-state index contributed by atoms with van der Waals surface area (Å²) in [5.41, 5.74) is 1.29. The molecule has 0 unspecified atom stereocenters. The van der Waals surface area contributed by atoms with Gasteiger partial charge in [0.1, 0.15) is 0 Å². The van der Waals surface area contributed by atoms with Gasteiger partial charge in [0, 0.05) is 17.1 Å². The van der Waals surface area contributed by atoms with E-state index in [4.69, 9.17) is 5.11 Å². The highest BCUT2D eigenvalue weighted by atomic mass is 79.9. The van der Waals surface area contributed by atoms with E-state index >= 15 is 0 Å². The third-order valence-electron chi connectivity index (χ3n) is 2.28. The Balaban J connectivity index is 2.53.